The van der Waals surface area contributed by atoms with Crippen LogP contribution in [0.2, 0.25) is 0 Å². The Balaban J connectivity index is 2.69. The number of nitrogens with one attached hydrogen (secondary N) is 1. The molecule has 0 aliphatic heterocycles. The normalized spacial score (nSPS) is 10.7. The van der Waals surface area contributed by atoms with Crippen molar-refractivity contribution < 1.29 is 0 Å². The highest BCUT2D eigenvalue weighted by Crippen LogP contribution is 2.15. The van der Waals surface area contributed by atoms with Gasteiger partial charge >= 0.3 is 0 Å². The van der Waals surface area contributed by atoms with E-state index in [1.807, 2.05) is 20.2 Å². The average molecular weight is 248 g/mol. The van der Waals surface area contributed by atoms with E-state index in [-0.39, 0.29) is 0 Å². The van der Waals surface area contributed by atoms with Gasteiger partial charge in [0.2, 0.25) is 0 Å². The Labute approximate surface area is 110 Å². The van der Waals surface area contributed by atoms with E-state index in [1.165, 1.54) is 0 Å². The molecule has 1 aromatic heterocycles. The molecule has 0 aromatic carbocycles. The molecule has 100 valence electrons. The van der Waals surface area contributed by atoms with Gasteiger partial charge in [0.15, 0.2) is 0 Å². The van der Waals surface area contributed by atoms with Crippen LogP contribution in [-0.2, 0) is 6.54 Å². The molecule has 0 saturated heterocycles. The Kier molecular flexibility index (Phi) is 5.78. The molecule has 0 unspecified atom stereocenters. The Bertz CT molecular complexity index is 387. The minimum absolute atomic E-state index is 0.645. The Morgan fingerprint density at radius 3 is 2.83 bits per heavy atom. The van der Waals surface area contributed by atoms with Crippen molar-refractivity contribution in [3.63, 3.8) is 0 Å². The fraction of sp³-hybridized carbons (Fsp3) is 0.571. The quantitative estimate of drug-likeness (QED) is 0.751. The van der Waals surface area contributed by atoms with Crippen molar-refractivity contribution in [1.29, 1.82) is 0 Å². The zero-order chi connectivity index (χ0) is 13.5. The molecular weight excluding hydrogens is 224 g/mol. The molecule has 1 aromatic rings. The molecule has 0 aliphatic carbocycles. The van der Waals surface area contributed by atoms with Gasteiger partial charge in [-0.1, -0.05) is 26.0 Å². The number of hydrogen-bond donors (Lipinski definition) is 1. The molecule has 0 bridgehead atoms. The fourth-order valence-corrected chi connectivity index (χ4v) is 1.80. The van der Waals surface area contributed by atoms with Crippen LogP contribution in [0.3, 0.4) is 0 Å². The van der Waals surface area contributed by atoms with Crippen LogP contribution in [0.5, 0.6) is 0 Å². The maximum atomic E-state index is 4.36. The lowest BCUT2D eigenvalue weighted by atomic mass is 10.2. The molecular formula is C14H24N4. The highest BCUT2D eigenvalue weighted by atomic mass is 15.2. The van der Waals surface area contributed by atoms with Crippen molar-refractivity contribution in [2.24, 2.45) is 5.92 Å². The first-order valence-corrected chi connectivity index (χ1v) is 6.35. The molecule has 18 heavy (non-hydrogen) atoms. The van der Waals surface area contributed by atoms with Gasteiger partial charge in [0, 0.05) is 31.9 Å². The van der Waals surface area contributed by atoms with E-state index in [4.69, 9.17) is 0 Å². The van der Waals surface area contributed by atoms with Crippen molar-refractivity contribution in [2.75, 3.05) is 25.0 Å². The van der Waals surface area contributed by atoms with Crippen molar-refractivity contribution in [3.8, 4) is 0 Å². The Morgan fingerprint density at radius 2 is 2.22 bits per heavy atom. The molecule has 0 amide bonds. The van der Waals surface area contributed by atoms with Gasteiger partial charge in [-0.3, -0.25) is 0 Å². The van der Waals surface area contributed by atoms with Crippen LogP contribution >= 0.6 is 0 Å². The smallest absolute Gasteiger partial charge is 0.136 e. The van der Waals surface area contributed by atoms with E-state index in [2.05, 4.69) is 40.6 Å². The number of hydrogen-bond acceptors (Lipinski definition) is 4. The predicted octanol–water partition coefficient (Wildman–Crippen LogP) is 2.23. The first-order chi connectivity index (χ1) is 8.50. The highest BCUT2D eigenvalue weighted by Gasteiger charge is 2.09. The summed E-state index contributed by atoms with van der Waals surface area (Å²) >= 11 is 0. The summed E-state index contributed by atoms with van der Waals surface area (Å²) in [6.07, 6.45) is 3.47. The molecule has 0 atom stereocenters. The van der Waals surface area contributed by atoms with E-state index in [0.717, 1.165) is 36.6 Å². The molecule has 0 fully saturated rings. The van der Waals surface area contributed by atoms with Gasteiger partial charge in [-0.05, 0) is 19.4 Å². The molecule has 4 nitrogen and oxygen atoms in total. The SMILES string of the molecule is C=C(C)CN(C)c1ncncc1CNCC(C)C. The summed E-state index contributed by atoms with van der Waals surface area (Å²) in [6.45, 7) is 13.0. The Morgan fingerprint density at radius 1 is 1.50 bits per heavy atom. The first-order valence-electron chi connectivity index (χ1n) is 6.35. The minimum atomic E-state index is 0.645. The molecule has 0 saturated carbocycles. The summed E-state index contributed by atoms with van der Waals surface area (Å²) in [5, 5.41) is 3.42. The Hall–Kier alpha value is -1.42. The summed E-state index contributed by atoms with van der Waals surface area (Å²) < 4.78 is 0. The zero-order valence-electron chi connectivity index (χ0n) is 11.9. The second kappa shape index (κ2) is 7.11. The second-order valence-corrected chi connectivity index (χ2v) is 5.21. The van der Waals surface area contributed by atoms with Crippen molar-refractivity contribution in [2.45, 2.75) is 27.3 Å². The molecule has 0 aliphatic rings. The number of nitrogens with zero attached hydrogens (tertiary/aromatic N) is 3. The topological polar surface area (TPSA) is 41.1 Å². The first kappa shape index (κ1) is 14.6. The molecule has 0 spiro atoms. The summed E-state index contributed by atoms with van der Waals surface area (Å²) in [4.78, 5) is 10.6. The third-order valence-corrected chi connectivity index (χ3v) is 2.50. The maximum Gasteiger partial charge on any atom is 0.136 e. The number of rotatable bonds is 7. The van der Waals surface area contributed by atoms with E-state index < -0.39 is 0 Å². The van der Waals surface area contributed by atoms with Gasteiger partial charge in [-0.2, -0.15) is 0 Å². The third kappa shape index (κ3) is 4.84. The minimum Gasteiger partial charge on any atom is -0.355 e. The van der Waals surface area contributed by atoms with E-state index >= 15 is 0 Å². The van der Waals surface area contributed by atoms with Crippen molar-refractivity contribution in [1.82, 2.24) is 15.3 Å². The standard InChI is InChI=1S/C14H24N4/c1-11(2)6-15-7-13-8-16-10-17-14(13)18(5)9-12(3)4/h8,10-11,15H,3,6-7,9H2,1-2,4-5H3. The fourth-order valence-electron chi connectivity index (χ4n) is 1.80. The number of aromatic nitrogens is 2. The van der Waals surface area contributed by atoms with Crippen LogP contribution < -0.4 is 10.2 Å². The van der Waals surface area contributed by atoms with Crippen molar-refractivity contribution >= 4 is 5.82 Å². The molecule has 1 heterocycles. The molecule has 1 rings (SSSR count). The van der Waals surface area contributed by atoms with Crippen LogP contribution in [0.1, 0.15) is 26.3 Å². The van der Waals surface area contributed by atoms with Gasteiger partial charge in [-0.15, -0.1) is 0 Å². The predicted molar refractivity (Wildman–Crippen MR) is 76.7 cm³/mol. The number of anilines is 1. The van der Waals surface area contributed by atoms with E-state index in [9.17, 15) is 0 Å². The van der Waals surface area contributed by atoms with E-state index in [1.54, 1.807) is 6.33 Å². The van der Waals surface area contributed by atoms with Crippen LogP contribution in [0, 0.1) is 5.92 Å². The van der Waals surface area contributed by atoms with Gasteiger partial charge in [-0.25, -0.2) is 9.97 Å². The summed E-state index contributed by atoms with van der Waals surface area (Å²) in [6, 6.07) is 0. The third-order valence-electron chi connectivity index (χ3n) is 2.50. The molecule has 1 N–H and O–H groups in total. The summed E-state index contributed by atoms with van der Waals surface area (Å²) in [7, 11) is 2.03. The lowest BCUT2D eigenvalue weighted by Gasteiger charge is -2.21. The van der Waals surface area contributed by atoms with Crippen molar-refractivity contribution in [3.05, 3.63) is 30.2 Å². The van der Waals surface area contributed by atoms with Gasteiger partial charge in [0.05, 0.1) is 0 Å². The largest absolute Gasteiger partial charge is 0.355 e. The van der Waals surface area contributed by atoms with Gasteiger partial charge < -0.3 is 10.2 Å². The van der Waals surface area contributed by atoms with E-state index in [0.29, 0.717) is 5.92 Å². The van der Waals surface area contributed by atoms with Crippen LogP contribution in [0.15, 0.2) is 24.7 Å². The van der Waals surface area contributed by atoms with Gasteiger partial charge in [0.1, 0.15) is 12.1 Å². The monoisotopic (exact) mass is 248 g/mol. The van der Waals surface area contributed by atoms with Crippen LogP contribution in [0.25, 0.3) is 0 Å². The molecule has 4 heteroatoms. The maximum absolute atomic E-state index is 4.36. The lowest BCUT2D eigenvalue weighted by molar-refractivity contribution is 0.551. The summed E-state index contributed by atoms with van der Waals surface area (Å²) in [5.74, 6) is 1.62. The van der Waals surface area contributed by atoms with Crippen LogP contribution in [0.4, 0.5) is 5.82 Å². The molecule has 0 radical (unpaired) electrons. The second-order valence-electron chi connectivity index (χ2n) is 5.21. The number of likely N-dealkylation sites (N-methyl/N-ethyl adjacent to an activating group) is 1. The average Bonchev–Trinajstić information content (AvgIpc) is 2.28. The highest BCUT2D eigenvalue weighted by molar-refractivity contribution is 5.45. The summed E-state index contributed by atoms with van der Waals surface area (Å²) in [5.41, 5.74) is 2.25. The lowest BCUT2D eigenvalue weighted by Crippen LogP contribution is -2.25. The van der Waals surface area contributed by atoms with Gasteiger partial charge in [0.25, 0.3) is 0 Å². The zero-order valence-corrected chi connectivity index (χ0v) is 11.9. The van der Waals surface area contributed by atoms with Crippen LogP contribution in [-0.4, -0.2) is 30.1 Å².